The number of carbonyl (C=O) groups excluding carboxylic acids is 2. The predicted octanol–water partition coefficient (Wildman–Crippen LogP) is 6.61. The Hall–Kier alpha value is -6.94. The number of amides is 2. The highest BCUT2D eigenvalue weighted by Gasteiger charge is 2.36. The summed E-state index contributed by atoms with van der Waals surface area (Å²) in [5, 5.41) is 22.4. The molecule has 10 nitrogen and oxygen atoms in total. The van der Waals surface area contributed by atoms with Crippen molar-refractivity contribution in [3.63, 3.8) is 0 Å². The summed E-state index contributed by atoms with van der Waals surface area (Å²) < 4.78 is 1.51. The summed E-state index contributed by atoms with van der Waals surface area (Å²) in [6.07, 6.45) is 0. The molecule has 48 heavy (non-hydrogen) atoms. The number of rotatable bonds is 4. The Labute approximate surface area is 268 Å². The van der Waals surface area contributed by atoms with Crippen molar-refractivity contribution in [1.82, 2.24) is 9.38 Å². The molecular weight excluding hydrogens is 610 g/mol. The highest BCUT2D eigenvalue weighted by molar-refractivity contribution is 6.38. The number of imidazole rings is 1. The van der Waals surface area contributed by atoms with E-state index < -0.39 is 23.8 Å². The van der Waals surface area contributed by atoms with Crippen LogP contribution in [0.25, 0.3) is 60.1 Å². The minimum absolute atomic E-state index is 0.109. The van der Waals surface area contributed by atoms with E-state index in [9.17, 15) is 34.2 Å². The van der Waals surface area contributed by atoms with E-state index in [1.807, 2.05) is 6.07 Å². The number of carbonyl (C=O) groups is 4. The van der Waals surface area contributed by atoms with Crippen molar-refractivity contribution in [2.45, 2.75) is 0 Å². The quantitative estimate of drug-likeness (QED) is 0.207. The van der Waals surface area contributed by atoms with Crippen molar-refractivity contribution in [3.05, 3.63) is 136 Å². The lowest BCUT2D eigenvalue weighted by Crippen LogP contribution is -2.40. The third-order valence-corrected chi connectivity index (χ3v) is 9.19. The summed E-state index contributed by atoms with van der Waals surface area (Å²) in [4.78, 5) is 73.1. The number of benzene rings is 6. The molecule has 2 amide bonds. The van der Waals surface area contributed by atoms with Crippen LogP contribution in [0.1, 0.15) is 41.4 Å². The third-order valence-electron chi connectivity index (χ3n) is 9.19. The number of imide groups is 1. The lowest BCUT2D eigenvalue weighted by atomic mass is 9.83. The highest BCUT2D eigenvalue weighted by Crippen LogP contribution is 2.44. The number of pyridine rings is 1. The number of carboxylic acids is 2. The van der Waals surface area contributed by atoms with Crippen LogP contribution in [-0.2, 0) is 0 Å². The zero-order valence-electron chi connectivity index (χ0n) is 24.6. The predicted molar refractivity (Wildman–Crippen MR) is 180 cm³/mol. The number of para-hydroxylation sites is 3. The molecule has 0 atom stereocenters. The van der Waals surface area contributed by atoms with Gasteiger partial charge in [-0.2, -0.15) is 0 Å². The molecule has 0 radical (unpaired) electrons. The summed E-state index contributed by atoms with van der Waals surface area (Å²) in [6.45, 7) is 0. The van der Waals surface area contributed by atoms with Gasteiger partial charge in [0, 0.05) is 43.4 Å². The van der Waals surface area contributed by atoms with Crippen LogP contribution < -0.4 is 10.5 Å². The van der Waals surface area contributed by atoms with E-state index >= 15 is 0 Å². The molecule has 9 rings (SSSR count). The molecule has 2 N–H and O–H groups in total. The maximum absolute atomic E-state index is 14.0. The van der Waals surface area contributed by atoms with Gasteiger partial charge in [-0.15, -0.1) is 0 Å². The summed E-state index contributed by atoms with van der Waals surface area (Å²) in [5.74, 6) is -3.79. The largest absolute Gasteiger partial charge is 0.478 e. The van der Waals surface area contributed by atoms with Gasteiger partial charge in [0.25, 0.3) is 17.4 Å². The topological polar surface area (TPSA) is 146 Å². The molecule has 0 aliphatic carbocycles. The van der Waals surface area contributed by atoms with E-state index in [4.69, 9.17) is 4.98 Å². The number of fused-ring (bicyclic) bond motifs is 4. The van der Waals surface area contributed by atoms with Crippen LogP contribution in [0, 0.1) is 0 Å². The molecule has 8 aromatic rings. The second-order valence-electron chi connectivity index (χ2n) is 11.6. The molecule has 1 aliphatic rings. The third kappa shape index (κ3) is 3.45. The molecule has 0 saturated carbocycles. The van der Waals surface area contributed by atoms with Gasteiger partial charge in [-0.05, 0) is 71.8 Å². The van der Waals surface area contributed by atoms with Gasteiger partial charge in [0.1, 0.15) is 5.65 Å². The first-order chi connectivity index (χ1) is 23.3. The van der Waals surface area contributed by atoms with E-state index in [1.165, 1.54) is 28.7 Å². The van der Waals surface area contributed by atoms with Crippen molar-refractivity contribution in [3.8, 4) is 11.1 Å². The summed E-state index contributed by atoms with van der Waals surface area (Å²) in [5.41, 5.74) is 2.12. The first kappa shape index (κ1) is 27.4. The van der Waals surface area contributed by atoms with Gasteiger partial charge in [-0.1, -0.05) is 42.5 Å². The minimum atomic E-state index is -1.30. The number of nitrogens with zero attached hydrogens (tertiary/aromatic N) is 3. The first-order valence-electron chi connectivity index (χ1n) is 14.9. The van der Waals surface area contributed by atoms with Gasteiger partial charge in [-0.3, -0.25) is 18.8 Å². The Morgan fingerprint density at radius 1 is 0.542 bits per heavy atom. The average Bonchev–Trinajstić information content (AvgIpc) is 3.49. The van der Waals surface area contributed by atoms with Crippen LogP contribution in [0.15, 0.2) is 108 Å². The zero-order valence-corrected chi connectivity index (χ0v) is 24.6. The summed E-state index contributed by atoms with van der Waals surface area (Å²) in [7, 11) is 0. The number of aromatic carboxylic acids is 2. The fourth-order valence-electron chi connectivity index (χ4n) is 7.19. The van der Waals surface area contributed by atoms with Crippen LogP contribution in [0.2, 0.25) is 0 Å². The van der Waals surface area contributed by atoms with Crippen LogP contribution in [-0.4, -0.2) is 43.4 Å². The number of aromatic nitrogens is 2. The van der Waals surface area contributed by atoms with Crippen molar-refractivity contribution < 1.29 is 29.4 Å². The van der Waals surface area contributed by atoms with Crippen LogP contribution in [0.5, 0.6) is 0 Å². The standard InChI is InChI=1S/C38H19N3O7/c42-34-23-14-11-20(30-26(38(47)48)17-15-24(32(23)30)35(43)40(34)18-6-2-1-3-7-18)19-10-13-22-31-21(12-16-25(29(19)31)37(45)46)33-39-27-8-4-5-9-28(27)41(33)36(22)44/h1-17H,(H,45,46)(H,47,48). The summed E-state index contributed by atoms with van der Waals surface area (Å²) in [6, 6.07) is 27.7. The minimum Gasteiger partial charge on any atom is -0.478 e. The van der Waals surface area contributed by atoms with E-state index in [2.05, 4.69) is 0 Å². The van der Waals surface area contributed by atoms with Gasteiger partial charge in [0.2, 0.25) is 0 Å². The van der Waals surface area contributed by atoms with Gasteiger partial charge in [0.05, 0.1) is 27.8 Å². The van der Waals surface area contributed by atoms with Gasteiger partial charge < -0.3 is 10.2 Å². The van der Waals surface area contributed by atoms with Gasteiger partial charge in [0.15, 0.2) is 0 Å². The van der Waals surface area contributed by atoms with Crippen LogP contribution in [0.4, 0.5) is 5.69 Å². The summed E-state index contributed by atoms with van der Waals surface area (Å²) >= 11 is 0. The molecule has 0 fully saturated rings. The lowest BCUT2D eigenvalue weighted by Gasteiger charge is -2.28. The monoisotopic (exact) mass is 629 g/mol. The fourth-order valence-corrected chi connectivity index (χ4v) is 7.19. The highest BCUT2D eigenvalue weighted by atomic mass is 16.4. The van der Waals surface area contributed by atoms with E-state index in [0.717, 1.165) is 4.90 Å². The van der Waals surface area contributed by atoms with Gasteiger partial charge >= 0.3 is 11.9 Å². The molecule has 0 unspecified atom stereocenters. The molecule has 0 bridgehead atoms. The van der Waals surface area contributed by atoms with Crippen molar-refractivity contribution in [2.24, 2.45) is 0 Å². The molecule has 3 heterocycles. The molecule has 10 heteroatoms. The lowest BCUT2D eigenvalue weighted by molar-refractivity contribution is 0.0688. The van der Waals surface area contributed by atoms with Gasteiger partial charge in [-0.25, -0.2) is 19.5 Å². The van der Waals surface area contributed by atoms with E-state index in [0.29, 0.717) is 44.3 Å². The molecular formula is C38H19N3O7. The Bertz CT molecular complexity index is 2840. The number of hydrogen-bond acceptors (Lipinski definition) is 6. The number of hydrogen-bond donors (Lipinski definition) is 2. The molecule has 0 saturated heterocycles. The Morgan fingerprint density at radius 2 is 1.08 bits per heavy atom. The first-order valence-corrected chi connectivity index (χ1v) is 14.9. The normalized spacial score (nSPS) is 13.0. The van der Waals surface area contributed by atoms with E-state index in [1.54, 1.807) is 72.8 Å². The second-order valence-corrected chi connectivity index (χ2v) is 11.6. The van der Waals surface area contributed by atoms with Crippen molar-refractivity contribution in [1.29, 1.82) is 0 Å². The average molecular weight is 630 g/mol. The molecule has 1 aliphatic heterocycles. The number of carboxylic acid groups (broad SMARTS) is 2. The van der Waals surface area contributed by atoms with Crippen molar-refractivity contribution >= 4 is 78.4 Å². The Balaban J connectivity index is 1.42. The maximum atomic E-state index is 14.0. The Kier molecular flexibility index (Phi) is 5.44. The van der Waals surface area contributed by atoms with E-state index in [-0.39, 0.29) is 49.4 Å². The molecule has 2 aromatic heterocycles. The number of anilines is 1. The fraction of sp³-hybridized carbons (Fsp3) is 0. The van der Waals surface area contributed by atoms with Crippen molar-refractivity contribution in [2.75, 3.05) is 4.90 Å². The Morgan fingerprint density at radius 3 is 1.77 bits per heavy atom. The smallest absolute Gasteiger partial charge is 0.336 e. The molecule has 0 spiro atoms. The molecule has 6 aromatic carbocycles. The van der Waals surface area contributed by atoms with Crippen LogP contribution in [0.3, 0.4) is 0 Å². The van der Waals surface area contributed by atoms with Crippen LogP contribution >= 0.6 is 0 Å². The maximum Gasteiger partial charge on any atom is 0.336 e. The SMILES string of the molecule is O=C(O)c1ccc2c3c(ccc(-c4ccc5c(=O)n6c7ccccc7nc6c6ccc(C(=O)O)c4c56)c13)C(=O)N(c1ccccc1)C2=O. The second kappa shape index (κ2) is 9.54. The zero-order chi connectivity index (χ0) is 33.0. The molecule has 228 valence electrons.